The standard InChI is InChI=1S/C19H29N3O3/c1-2-17(23)21-12-9-14(10-13-21)19(25)20-15-5-7-16(8-6-15)22-11-3-4-18(22)24/h2,14-16H,1,3-13H2,(H,20,25). The van der Waals surface area contributed by atoms with Gasteiger partial charge in [-0.25, -0.2) is 0 Å². The highest BCUT2D eigenvalue weighted by atomic mass is 16.2. The van der Waals surface area contributed by atoms with Gasteiger partial charge in [0.2, 0.25) is 17.7 Å². The Kier molecular flexibility index (Phi) is 5.76. The highest BCUT2D eigenvalue weighted by Crippen LogP contribution is 2.27. The summed E-state index contributed by atoms with van der Waals surface area (Å²) in [6.45, 7) is 5.68. The Morgan fingerprint density at radius 2 is 1.72 bits per heavy atom. The third-order valence-corrected chi connectivity index (χ3v) is 5.95. The second kappa shape index (κ2) is 8.02. The lowest BCUT2D eigenvalue weighted by Crippen LogP contribution is -2.47. The predicted octanol–water partition coefficient (Wildman–Crippen LogP) is 1.46. The van der Waals surface area contributed by atoms with E-state index < -0.39 is 0 Å². The molecule has 0 spiro atoms. The van der Waals surface area contributed by atoms with Crippen molar-refractivity contribution >= 4 is 17.7 Å². The summed E-state index contributed by atoms with van der Waals surface area (Å²) >= 11 is 0. The molecule has 3 rings (SSSR count). The van der Waals surface area contributed by atoms with Crippen LogP contribution in [0.4, 0.5) is 0 Å². The molecular formula is C19H29N3O3. The molecule has 1 saturated carbocycles. The van der Waals surface area contributed by atoms with Gasteiger partial charge in [-0.05, 0) is 51.0 Å². The van der Waals surface area contributed by atoms with Crippen LogP contribution in [0.2, 0.25) is 0 Å². The smallest absolute Gasteiger partial charge is 0.245 e. The van der Waals surface area contributed by atoms with Crippen molar-refractivity contribution in [3.8, 4) is 0 Å². The number of piperidine rings is 1. The third-order valence-electron chi connectivity index (χ3n) is 5.95. The maximum absolute atomic E-state index is 12.5. The summed E-state index contributed by atoms with van der Waals surface area (Å²) in [6, 6.07) is 0.602. The van der Waals surface area contributed by atoms with E-state index in [1.807, 2.05) is 4.90 Å². The first kappa shape index (κ1) is 18.0. The maximum atomic E-state index is 12.5. The number of hydrogen-bond donors (Lipinski definition) is 1. The summed E-state index contributed by atoms with van der Waals surface area (Å²) in [7, 11) is 0. The van der Waals surface area contributed by atoms with Crippen LogP contribution in [0, 0.1) is 5.92 Å². The zero-order valence-corrected chi connectivity index (χ0v) is 14.9. The number of rotatable bonds is 4. The Hall–Kier alpha value is -1.85. The van der Waals surface area contributed by atoms with E-state index in [2.05, 4.69) is 11.9 Å². The molecule has 0 aromatic rings. The zero-order valence-electron chi connectivity index (χ0n) is 14.9. The van der Waals surface area contributed by atoms with E-state index in [-0.39, 0.29) is 23.8 Å². The summed E-state index contributed by atoms with van der Waals surface area (Å²) in [5, 5.41) is 3.20. The van der Waals surface area contributed by atoms with Gasteiger partial charge in [0.25, 0.3) is 0 Å². The normalized spacial score (nSPS) is 28.1. The van der Waals surface area contributed by atoms with E-state index in [1.165, 1.54) is 6.08 Å². The molecule has 0 atom stereocenters. The van der Waals surface area contributed by atoms with Gasteiger partial charge < -0.3 is 15.1 Å². The fraction of sp³-hybridized carbons (Fsp3) is 0.737. The van der Waals surface area contributed by atoms with Gasteiger partial charge in [-0.2, -0.15) is 0 Å². The van der Waals surface area contributed by atoms with Crippen LogP contribution in [0.25, 0.3) is 0 Å². The van der Waals surface area contributed by atoms with Crippen LogP contribution in [-0.4, -0.2) is 59.2 Å². The third kappa shape index (κ3) is 4.22. The molecule has 0 aromatic carbocycles. The number of likely N-dealkylation sites (tertiary alicyclic amines) is 2. The average molecular weight is 347 g/mol. The number of amides is 3. The van der Waals surface area contributed by atoms with E-state index in [0.29, 0.717) is 31.5 Å². The Morgan fingerprint density at radius 3 is 2.28 bits per heavy atom. The lowest BCUT2D eigenvalue weighted by atomic mass is 9.89. The summed E-state index contributed by atoms with van der Waals surface area (Å²) in [5.74, 6) is 0.389. The molecule has 2 heterocycles. The molecule has 6 heteroatoms. The molecule has 0 radical (unpaired) electrons. The van der Waals surface area contributed by atoms with Crippen LogP contribution >= 0.6 is 0 Å². The number of hydrogen-bond acceptors (Lipinski definition) is 3. The van der Waals surface area contributed by atoms with Gasteiger partial charge in [0, 0.05) is 44.1 Å². The van der Waals surface area contributed by atoms with Crippen molar-refractivity contribution in [2.75, 3.05) is 19.6 Å². The fourth-order valence-corrected chi connectivity index (χ4v) is 4.40. The van der Waals surface area contributed by atoms with E-state index >= 15 is 0 Å². The molecule has 2 saturated heterocycles. The summed E-state index contributed by atoms with van der Waals surface area (Å²) < 4.78 is 0. The molecule has 0 aromatic heterocycles. The first-order valence-electron chi connectivity index (χ1n) is 9.59. The topological polar surface area (TPSA) is 69.7 Å². The van der Waals surface area contributed by atoms with Crippen molar-refractivity contribution in [2.45, 2.75) is 63.5 Å². The van der Waals surface area contributed by atoms with Gasteiger partial charge in [-0.3, -0.25) is 14.4 Å². The summed E-state index contributed by atoms with van der Waals surface area (Å²) in [5.41, 5.74) is 0. The largest absolute Gasteiger partial charge is 0.353 e. The van der Waals surface area contributed by atoms with E-state index in [9.17, 15) is 14.4 Å². The van der Waals surface area contributed by atoms with Crippen molar-refractivity contribution in [1.82, 2.24) is 15.1 Å². The monoisotopic (exact) mass is 347 g/mol. The minimum absolute atomic E-state index is 0.00625. The second-order valence-electron chi connectivity index (χ2n) is 7.51. The van der Waals surface area contributed by atoms with Crippen LogP contribution in [-0.2, 0) is 14.4 Å². The van der Waals surface area contributed by atoms with Crippen LogP contribution in [0.15, 0.2) is 12.7 Å². The molecule has 3 fully saturated rings. The minimum Gasteiger partial charge on any atom is -0.353 e. The molecule has 1 N–H and O–H groups in total. The van der Waals surface area contributed by atoms with Crippen LogP contribution in [0.1, 0.15) is 51.4 Å². The van der Waals surface area contributed by atoms with E-state index in [1.54, 1.807) is 4.90 Å². The Balaban J connectivity index is 1.40. The highest BCUT2D eigenvalue weighted by molar-refractivity contribution is 5.87. The van der Waals surface area contributed by atoms with Crippen molar-refractivity contribution < 1.29 is 14.4 Å². The Morgan fingerprint density at radius 1 is 1.04 bits per heavy atom. The molecule has 2 aliphatic heterocycles. The molecule has 138 valence electrons. The fourth-order valence-electron chi connectivity index (χ4n) is 4.40. The molecule has 25 heavy (non-hydrogen) atoms. The van der Waals surface area contributed by atoms with Crippen molar-refractivity contribution in [2.24, 2.45) is 5.92 Å². The SMILES string of the molecule is C=CC(=O)N1CCC(C(=O)NC2CCC(N3CCCC3=O)CC2)CC1. The first-order chi connectivity index (χ1) is 12.1. The number of nitrogens with zero attached hydrogens (tertiary/aromatic N) is 2. The molecular weight excluding hydrogens is 318 g/mol. The van der Waals surface area contributed by atoms with Gasteiger partial charge in [0.15, 0.2) is 0 Å². The Labute approximate surface area is 149 Å². The van der Waals surface area contributed by atoms with Gasteiger partial charge in [-0.1, -0.05) is 6.58 Å². The molecule has 3 amide bonds. The molecule has 3 aliphatic rings. The lowest BCUT2D eigenvalue weighted by molar-refractivity contribution is -0.133. The van der Waals surface area contributed by atoms with Crippen LogP contribution < -0.4 is 5.32 Å². The van der Waals surface area contributed by atoms with Crippen molar-refractivity contribution in [3.63, 3.8) is 0 Å². The van der Waals surface area contributed by atoms with Crippen molar-refractivity contribution in [1.29, 1.82) is 0 Å². The number of nitrogens with one attached hydrogen (secondary N) is 1. The van der Waals surface area contributed by atoms with Gasteiger partial charge in [0.05, 0.1) is 0 Å². The average Bonchev–Trinajstić information content (AvgIpc) is 3.07. The first-order valence-corrected chi connectivity index (χ1v) is 9.59. The number of carbonyl (C=O) groups is 3. The lowest BCUT2D eigenvalue weighted by Gasteiger charge is -2.36. The van der Waals surface area contributed by atoms with Gasteiger partial charge in [0.1, 0.15) is 0 Å². The molecule has 1 aliphatic carbocycles. The molecule has 0 unspecified atom stereocenters. The highest BCUT2D eigenvalue weighted by Gasteiger charge is 2.33. The van der Waals surface area contributed by atoms with Gasteiger partial charge >= 0.3 is 0 Å². The van der Waals surface area contributed by atoms with E-state index in [4.69, 9.17) is 0 Å². The zero-order chi connectivity index (χ0) is 17.8. The maximum Gasteiger partial charge on any atom is 0.245 e. The van der Waals surface area contributed by atoms with Gasteiger partial charge in [-0.15, -0.1) is 0 Å². The minimum atomic E-state index is -0.0476. The predicted molar refractivity (Wildman–Crippen MR) is 94.6 cm³/mol. The number of carbonyl (C=O) groups excluding carboxylic acids is 3. The van der Waals surface area contributed by atoms with E-state index in [0.717, 1.165) is 51.5 Å². The quantitative estimate of drug-likeness (QED) is 0.783. The van der Waals surface area contributed by atoms with Crippen LogP contribution in [0.5, 0.6) is 0 Å². The van der Waals surface area contributed by atoms with Crippen molar-refractivity contribution in [3.05, 3.63) is 12.7 Å². The molecule has 6 nitrogen and oxygen atoms in total. The Bertz CT molecular complexity index is 532. The molecule has 0 bridgehead atoms. The summed E-state index contributed by atoms with van der Waals surface area (Å²) in [6.07, 6.45) is 8.36. The second-order valence-corrected chi connectivity index (χ2v) is 7.51. The summed E-state index contributed by atoms with van der Waals surface area (Å²) in [4.78, 5) is 39.8. The van der Waals surface area contributed by atoms with Crippen LogP contribution in [0.3, 0.4) is 0 Å².